The van der Waals surface area contributed by atoms with Gasteiger partial charge in [0.15, 0.2) is 0 Å². The van der Waals surface area contributed by atoms with Crippen LogP contribution in [0.15, 0.2) is 0 Å². The molecule has 0 aliphatic carbocycles. The first-order valence-electron chi connectivity index (χ1n) is 3.12. The Kier molecular flexibility index (Phi) is 2.81. The molecule has 0 spiro atoms. The van der Waals surface area contributed by atoms with Crippen molar-refractivity contribution < 1.29 is 23.2 Å². The number of rotatable bonds is 2. The van der Waals surface area contributed by atoms with E-state index in [9.17, 15) is 23.2 Å². The lowest BCUT2D eigenvalue weighted by atomic mass is 10.3. The van der Waals surface area contributed by atoms with Crippen LogP contribution in [-0.4, -0.2) is 27.9 Å². The van der Waals surface area contributed by atoms with Gasteiger partial charge in [-0.15, -0.1) is 0 Å². The number of alkyl halides is 2. The molecule has 5 nitrogen and oxygen atoms in total. The van der Waals surface area contributed by atoms with Crippen LogP contribution in [0.5, 0.6) is 0 Å². The summed E-state index contributed by atoms with van der Waals surface area (Å²) in [5.74, 6) is -4.58. The van der Waals surface area contributed by atoms with Crippen LogP contribution in [0, 0.1) is 0 Å². The Balaban J connectivity index is 2.67. The van der Waals surface area contributed by atoms with Crippen LogP contribution in [-0.2, 0) is 9.59 Å². The molecule has 0 aromatic carbocycles. The summed E-state index contributed by atoms with van der Waals surface area (Å²) < 4.78 is 23.8. The molecule has 72 valence electrons. The minimum absolute atomic E-state index is 0.220. The van der Waals surface area contributed by atoms with Gasteiger partial charge in [0.05, 0.1) is 0 Å². The molecular formula is C5H4F2N2O3S. The first kappa shape index (κ1) is 9.90. The Hall–Kier alpha value is -1.18. The number of carbonyl (C=O) groups is 3. The molecule has 0 radical (unpaired) electrons. The summed E-state index contributed by atoms with van der Waals surface area (Å²) in [5, 5.41) is 1.74. The van der Waals surface area contributed by atoms with E-state index < -0.39 is 30.0 Å². The van der Waals surface area contributed by atoms with Gasteiger partial charge in [0.25, 0.3) is 0 Å². The van der Waals surface area contributed by atoms with Crippen LogP contribution in [0.4, 0.5) is 13.6 Å². The van der Waals surface area contributed by atoms with E-state index in [-0.39, 0.29) is 16.3 Å². The average Bonchev–Trinajstić information content (AvgIpc) is 1.96. The lowest BCUT2D eigenvalue weighted by Crippen LogP contribution is -2.49. The van der Waals surface area contributed by atoms with Crippen LogP contribution in [0.2, 0.25) is 0 Å². The monoisotopic (exact) mass is 210 g/mol. The van der Waals surface area contributed by atoms with Crippen molar-refractivity contribution in [3.8, 4) is 0 Å². The number of urea groups is 1. The fraction of sp³-hybridized carbons (Fsp3) is 0.400. The smallest absolute Gasteiger partial charge is 0.276 e. The van der Waals surface area contributed by atoms with Gasteiger partial charge in [0.1, 0.15) is 6.42 Å². The normalized spacial score (nSPS) is 18.1. The minimum atomic E-state index is -2.87. The number of halogens is 2. The van der Waals surface area contributed by atoms with E-state index >= 15 is 0 Å². The molecule has 1 aliphatic heterocycles. The van der Waals surface area contributed by atoms with Gasteiger partial charge < -0.3 is 0 Å². The number of imide groups is 2. The number of amides is 4. The zero-order chi connectivity index (χ0) is 10.0. The molecule has 1 fully saturated rings. The van der Waals surface area contributed by atoms with Gasteiger partial charge in [-0.3, -0.25) is 14.9 Å². The van der Waals surface area contributed by atoms with E-state index in [0.29, 0.717) is 0 Å². The molecule has 0 saturated carbocycles. The van der Waals surface area contributed by atoms with E-state index in [0.717, 1.165) is 0 Å². The molecule has 13 heavy (non-hydrogen) atoms. The molecule has 1 saturated heterocycles. The molecule has 0 atom stereocenters. The SMILES string of the molecule is O=C1CC(=O)N(SC(F)F)C(=O)N1. The molecule has 1 heterocycles. The van der Waals surface area contributed by atoms with Crippen LogP contribution in [0.1, 0.15) is 6.42 Å². The zero-order valence-electron chi connectivity index (χ0n) is 6.12. The molecule has 0 bridgehead atoms. The molecule has 1 N–H and O–H groups in total. The Morgan fingerprint density at radius 3 is 2.46 bits per heavy atom. The van der Waals surface area contributed by atoms with E-state index in [1.54, 1.807) is 5.32 Å². The van der Waals surface area contributed by atoms with E-state index in [1.807, 2.05) is 0 Å². The second-order valence-corrected chi connectivity index (χ2v) is 3.02. The molecule has 1 rings (SSSR count). The summed E-state index contributed by atoms with van der Waals surface area (Å²) in [7, 11) is 0. The minimum Gasteiger partial charge on any atom is -0.276 e. The molecule has 0 aromatic rings. The van der Waals surface area contributed by atoms with Gasteiger partial charge in [-0.2, -0.15) is 13.1 Å². The third-order valence-corrected chi connectivity index (χ3v) is 1.89. The number of nitrogens with zero attached hydrogens (tertiary/aromatic N) is 1. The predicted octanol–water partition coefficient (Wildman–Crippen LogP) is 0.326. The summed E-state index contributed by atoms with van der Waals surface area (Å²) in [6, 6.07) is -1.12. The van der Waals surface area contributed by atoms with Crippen molar-refractivity contribution in [3.63, 3.8) is 0 Å². The highest BCUT2D eigenvalue weighted by Gasteiger charge is 2.33. The lowest BCUT2D eigenvalue weighted by Gasteiger charge is -2.22. The van der Waals surface area contributed by atoms with Crippen molar-refractivity contribution >= 4 is 29.8 Å². The van der Waals surface area contributed by atoms with E-state index in [4.69, 9.17) is 0 Å². The molecular weight excluding hydrogens is 206 g/mol. The molecule has 0 aromatic heterocycles. The first-order valence-corrected chi connectivity index (χ1v) is 3.96. The summed E-state index contributed by atoms with van der Waals surface area (Å²) in [6.07, 6.45) is -0.578. The second kappa shape index (κ2) is 3.69. The maximum atomic E-state index is 11.8. The first-order chi connectivity index (χ1) is 6.00. The quantitative estimate of drug-likeness (QED) is 0.526. The van der Waals surface area contributed by atoms with Crippen LogP contribution in [0.3, 0.4) is 0 Å². The summed E-state index contributed by atoms with van der Waals surface area (Å²) in [6.45, 7) is 0. The Bertz CT molecular complexity index is 251. The van der Waals surface area contributed by atoms with Gasteiger partial charge in [-0.05, 0) is 0 Å². The molecule has 8 heteroatoms. The molecule has 0 unspecified atom stereocenters. The van der Waals surface area contributed by atoms with Gasteiger partial charge in [0.2, 0.25) is 11.8 Å². The van der Waals surface area contributed by atoms with Crippen molar-refractivity contribution in [2.24, 2.45) is 0 Å². The van der Waals surface area contributed by atoms with Gasteiger partial charge in [-0.25, -0.2) is 4.79 Å². The van der Waals surface area contributed by atoms with Crippen molar-refractivity contribution in [1.82, 2.24) is 9.62 Å². The fourth-order valence-corrected chi connectivity index (χ4v) is 1.21. The van der Waals surface area contributed by atoms with Crippen molar-refractivity contribution in [3.05, 3.63) is 0 Å². The Morgan fingerprint density at radius 2 is 2.00 bits per heavy atom. The summed E-state index contributed by atoms with van der Waals surface area (Å²) in [5.41, 5.74) is 0. The highest BCUT2D eigenvalue weighted by Crippen LogP contribution is 2.22. The van der Waals surface area contributed by atoms with Crippen LogP contribution >= 0.6 is 11.9 Å². The van der Waals surface area contributed by atoms with Crippen molar-refractivity contribution in [1.29, 1.82) is 0 Å². The Morgan fingerprint density at radius 1 is 1.38 bits per heavy atom. The standard InChI is InChI=1S/C5H4F2N2O3S/c6-4(7)13-9-3(11)1-2(10)8-5(9)12/h4H,1H2,(H,8,10,12). The average molecular weight is 210 g/mol. The van der Waals surface area contributed by atoms with Gasteiger partial charge in [-0.1, -0.05) is 0 Å². The number of hydrogen-bond acceptors (Lipinski definition) is 4. The topological polar surface area (TPSA) is 66.5 Å². The van der Waals surface area contributed by atoms with Crippen molar-refractivity contribution in [2.75, 3.05) is 0 Å². The number of barbiturate groups is 1. The lowest BCUT2D eigenvalue weighted by molar-refractivity contribution is -0.133. The maximum absolute atomic E-state index is 11.8. The van der Waals surface area contributed by atoms with Gasteiger partial charge >= 0.3 is 11.8 Å². The number of carbonyl (C=O) groups excluding carboxylic acids is 3. The molecule has 1 aliphatic rings. The van der Waals surface area contributed by atoms with Crippen LogP contribution < -0.4 is 5.32 Å². The highest BCUT2D eigenvalue weighted by molar-refractivity contribution is 7.98. The largest absolute Gasteiger partial charge is 0.341 e. The van der Waals surface area contributed by atoms with E-state index in [2.05, 4.69) is 0 Å². The number of nitrogens with one attached hydrogen (secondary N) is 1. The number of hydrogen-bond donors (Lipinski definition) is 1. The van der Waals surface area contributed by atoms with E-state index in [1.165, 1.54) is 0 Å². The summed E-state index contributed by atoms with van der Waals surface area (Å²) >= 11 is -0.220. The maximum Gasteiger partial charge on any atom is 0.341 e. The predicted molar refractivity (Wildman–Crippen MR) is 38.6 cm³/mol. The fourth-order valence-electron chi connectivity index (χ4n) is 0.723. The third-order valence-electron chi connectivity index (χ3n) is 1.15. The summed E-state index contributed by atoms with van der Waals surface area (Å²) in [4.78, 5) is 32.1. The van der Waals surface area contributed by atoms with Gasteiger partial charge in [0, 0.05) is 11.9 Å². The highest BCUT2D eigenvalue weighted by atomic mass is 32.2. The molecule has 4 amide bonds. The van der Waals surface area contributed by atoms with Crippen LogP contribution in [0.25, 0.3) is 0 Å². The third kappa shape index (κ3) is 2.38. The Labute approximate surface area is 75.6 Å². The zero-order valence-corrected chi connectivity index (χ0v) is 6.94. The van der Waals surface area contributed by atoms with Crippen molar-refractivity contribution in [2.45, 2.75) is 12.2 Å². The second-order valence-electron chi connectivity index (χ2n) is 2.08.